The predicted molar refractivity (Wildman–Crippen MR) is 72.8 cm³/mol. The van der Waals surface area contributed by atoms with E-state index in [1.165, 1.54) is 0 Å². The Labute approximate surface area is 103 Å². The van der Waals surface area contributed by atoms with Crippen molar-refractivity contribution in [3.05, 3.63) is 48.8 Å². The summed E-state index contributed by atoms with van der Waals surface area (Å²) in [6.45, 7) is 0. The number of hydrogen-bond donors (Lipinski definition) is 2. The van der Waals surface area contributed by atoms with Gasteiger partial charge < -0.3 is 10.1 Å². The highest BCUT2D eigenvalue weighted by Gasteiger charge is 2.10. The van der Waals surface area contributed by atoms with E-state index in [2.05, 4.69) is 16.0 Å². The van der Waals surface area contributed by atoms with E-state index in [-0.39, 0.29) is 5.75 Å². The van der Waals surface area contributed by atoms with Gasteiger partial charge in [0.25, 0.3) is 0 Å². The molecule has 0 aliphatic rings. The van der Waals surface area contributed by atoms with E-state index in [0.717, 1.165) is 32.6 Å². The van der Waals surface area contributed by atoms with E-state index in [1.54, 1.807) is 18.5 Å². The molecule has 3 heteroatoms. The van der Waals surface area contributed by atoms with Crippen molar-refractivity contribution in [1.29, 1.82) is 0 Å². The number of pyridine rings is 1. The molecular weight excluding hydrogens is 224 g/mol. The lowest BCUT2D eigenvalue weighted by atomic mass is 10.1. The quantitative estimate of drug-likeness (QED) is 0.488. The number of fused-ring (bicyclic) bond motifs is 5. The molecule has 0 saturated carbocycles. The number of benzene rings is 2. The van der Waals surface area contributed by atoms with Gasteiger partial charge in [0.1, 0.15) is 5.75 Å². The molecule has 3 nitrogen and oxygen atoms in total. The number of phenols is 1. The third kappa shape index (κ3) is 1.10. The molecule has 0 amide bonds. The second-order valence-electron chi connectivity index (χ2n) is 4.41. The van der Waals surface area contributed by atoms with Gasteiger partial charge in [0.15, 0.2) is 0 Å². The number of nitrogens with zero attached hydrogens (tertiary/aromatic N) is 1. The monoisotopic (exact) mass is 234 g/mol. The highest BCUT2D eigenvalue weighted by molar-refractivity contribution is 6.21. The molecular formula is C15H10N2O. The van der Waals surface area contributed by atoms with Gasteiger partial charge in [-0.05, 0) is 12.1 Å². The fourth-order valence-corrected chi connectivity index (χ4v) is 2.59. The number of nitrogens with one attached hydrogen (secondary N) is 1. The molecule has 2 heterocycles. The van der Waals surface area contributed by atoms with Crippen LogP contribution in [0.5, 0.6) is 5.75 Å². The summed E-state index contributed by atoms with van der Waals surface area (Å²) in [5.41, 5.74) is 2.01. The lowest BCUT2D eigenvalue weighted by Crippen LogP contribution is -1.78. The number of para-hydroxylation sites is 1. The molecule has 86 valence electrons. The Morgan fingerprint density at radius 2 is 1.83 bits per heavy atom. The average molecular weight is 234 g/mol. The summed E-state index contributed by atoms with van der Waals surface area (Å²) in [5, 5.41) is 14.1. The van der Waals surface area contributed by atoms with Gasteiger partial charge in [-0.25, -0.2) is 0 Å². The first-order valence-corrected chi connectivity index (χ1v) is 5.81. The van der Waals surface area contributed by atoms with Crippen LogP contribution in [0.25, 0.3) is 32.6 Å². The van der Waals surface area contributed by atoms with Gasteiger partial charge >= 0.3 is 0 Å². The zero-order chi connectivity index (χ0) is 12.1. The van der Waals surface area contributed by atoms with Crippen LogP contribution in [0.2, 0.25) is 0 Å². The molecule has 0 radical (unpaired) electrons. The lowest BCUT2D eigenvalue weighted by molar-refractivity contribution is 0.482. The molecule has 0 saturated heterocycles. The number of aromatic nitrogens is 2. The Kier molecular flexibility index (Phi) is 1.70. The van der Waals surface area contributed by atoms with Gasteiger partial charge in [-0.15, -0.1) is 0 Å². The van der Waals surface area contributed by atoms with E-state index in [1.807, 2.05) is 24.3 Å². The fourth-order valence-electron chi connectivity index (χ4n) is 2.59. The van der Waals surface area contributed by atoms with Crippen molar-refractivity contribution < 1.29 is 5.11 Å². The van der Waals surface area contributed by atoms with E-state index in [4.69, 9.17) is 0 Å². The Balaban J connectivity index is 2.39. The maximum atomic E-state index is 10.0. The standard InChI is InChI=1S/C15H10N2O/c18-14-7-13-15(11-8-16-6-5-9(11)14)10-3-1-2-4-12(10)17-13/h1-8,17-18H. The number of H-pyrrole nitrogens is 1. The highest BCUT2D eigenvalue weighted by atomic mass is 16.3. The summed E-state index contributed by atoms with van der Waals surface area (Å²) in [4.78, 5) is 7.49. The first-order valence-electron chi connectivity index (χ1n) is 5.81. The summed E-state index contributed by atoms with van der Waals surface area (Å²) in [7, 11) is 0. The zero-order valence-corrected chi connectivity index (χ0v) is 9.51. The van der Waals surface area contributed by atoms with E-state index in [9.17, 15) is 5.11 Å². The summed E-state index contributed by atoms with van der Waals surface area (Å²) in [6, 6.07) is 11.7. The van der Waals surface area contributed by atoms with Gasteiger partial charge in [-0.1, -0.05) is 18.2 Å². The van der Waals surface area contributed by atoms with Gasteiger partial charge in [0, 0.05) is 45.5 Å². The molecule has 18 heavy (non-hydrogen) atoms. The first-order chi connectivity index (χ1) is 8.84. The van der Waals surface area contributed by atoms with E-state index in [0.29, 0.717) is 0 Å². The van der Waals surface area contributed by atoms with Crippen LogP contribution >= 0.6 is 0 Å². The van der Waals surface area contributed by atoms with Gasteiger partial charge in [-0.3, -0.25) is 4.98 Å². The van der Waals surface area contributed by atoms with Gasteiger partial charge in [0.05, 0.1) is 5.52 Å². The Morgan fingerprint density at radius 1 is 0.944 bits per heavy atom. The Morgan fingerprint density at radius 3 is 2.78 bits per heavy atom. The normalized spacial score (nSPS) is 11.6. The van der Waals surface area contributed by atoms with Gasteiger partial charge in [0.2, 0.25) is 0 Å². The highest BCUT2D eigenvalue weighted by Crippen LogP contribution is 2.36. The van der Waals surface area contributed by atoms with Crippen LogP contribution in [0.3, 0.4) is 0 Å². The van der Waals surface area contributed by atoms with E-state index < -0.39 is 0 Å². The molecule has 0 unspecified atom stereocenters. The van der Waals surface area contributed by atoms with Crippen LogP contribution in [-0.4, -0.2) is 15.1 Å². The molecule has 4 aromatic rings. The molecule has 4 rings (SSSR count). The van der Waals surface area contributed by atoms with Gasteiger partial charge in [-0.2, -0.15) is 0 Å². The number of rotatable bonds is 0. The third-order valence-electron chi connectivity index (χ3n) is 3.38. The van der Waals surface area contributed by atoms with Crippen LogP contribution in [0, 0.1) is 0 Å². The molecule has 2 aromatic carbocycles. The van der Waals surface area contributed by atoms with Crippen LogP contribution in [0.1, 0.15) is 0 Å². The molecule has 0 atom stereocenters. The molecule has 2 N–H and O–H groups in total. The van der Waals surface area contributed by atoms with Crippen molar-refractivity contribution >= 4 is 32.6 Å². The molecule has 2 aromatic heterocycles. The SMILES string of the molecule is Oc1cc2[nH]c3ccccc3c2c2cnccc12. The number of aromatic amines is 1. The lowest BCUT2D eigenvalue weighted by Gasteiger charge is -2.02. The maximum Gasteiger partial charge on any atom is 0.125 e. The predicted octanol–water partition coefficient (Wildman–Crippen LogP) is 3.57. The average Bonchev–Trinajstić information content (AvgIpc) is 2.77. The first kappa shape index (κ1) is 9.48. The number of aromatic hydroxyl groups is 1. The van der Waals surface area contributed by atoms with E-state index >= 15 is 0 Å². The fraction of sp³-hybridized carbons (Fsp3) is 0. The number of hydrogen-bond acceptors (Lipinski definition) is 2. The minimum absolute atomic E-state index is 0.284. The van der Waals surface area contributed by atoms with Crippen molar-refractivity contribution in [2.75, 3.05) is 0 Å². The van der Waals surface area contributed by atoms with Crippen LogP contribution in [0.15, 0.2) is 48.8 Å². The minimum Gasteiger partial charge on any atom is -0.507 e. The Bertz CT molecular complexity index is 893. The van der Waals surface area contributed by atoms with Crippen LogP contribution in [0.4, 0.5) is 0 Å². The third-order valence-corrected chi connectivity index (χ3v) is 3.38. The Hall–Kier alpha value is -2.55. The van der Waals surface area contributed by atoms with Crippen LogP contribution < -0.4 is 0 Å². The molecule has 0 bridgehead atoms. The van der Waals surface area contributed by atoms with Crippen molar-refractivity contribution in [3.63, 3.8) is 0 Å². The van der Waals surface area contributed by atoms with Crippen molar-refractivity contribution in [2.24, 2.45) is 0 Å². The summed E-state index contributed by atoms with van der Waals surface area (Å²) in [6.07, 6.45) is 3.50. The molecule has 0 fully saturated rings. The summed E-state index contributed by atoms with van der Waals surface area (Å²) >= 11 is 0. The minimum atomic E-state index is 0.284. The largest absolute Gasteiger partial charge is 0.507 e. The second-order valence-corrected chi connectivity index (χ2v) is 4.41. The molecule has 0 aliphatic carbocycles. The summed E-state index contributed by atoms with van der Waals surface area (Å²) in [5.74, 6) is 0.284. The molecule has 0 spiro atoms. The zero-order valence-electron chi connectivity index (χ0n) is 9.51. The maximum absolute atomic E-state index is 10.0. The number of phenolic OH excluding ortho intramolecular Hbond substituents is 1. The van der Waals surface area contributed by atoms with Crippen molar-refractivity contribution in [3.8, 4) is 5.75 Å². The summed E-state index contributed by atoms with van der Waals surface area (Å²) < 4.78 is 0. The molecule has 0 aliphatic heterocycles. The second kappa shape index (κ2) is 3.23. The van der Waals surface area contributed by atoms with Crippen molar-refractivity contribution in [1.82, 2.24) is 9.97 Å². The topological polar surface area (TPSA) is 48.9 Å². The van der Waals surface area contributed by atoms with Crippen LogP contribution in [-0.2, 0) is 0 Å². The van der Waals surface area contributed by atoms with Crippen molar-refractivity contribution in [2.45, 2.75) is 0 Å². The smallest absolute Gasteiger partial charge is 0.125 e.